The maximum absolute atomic E-state index is 13.9. The Labute approximate surface area is 161 Å². The van der Waals surface area contributed by atoms with Crippen LogP contribution in [0.4, 0.5) is 10.1 Å². The van der Waals surface area contributed by atoms with Crippen LogP contribution in [0.2, 0.25) is 5.02 Å². The summed E-state index contributed by atoms with van der Waals surface area (Å²) in [5.41, 5.74) is 1.81. The third-order valence-corrected chi connectivity index (χ3v) is 4.50. The molecule has 0 aliphatic heterocycles. The third-order valence-electron chi connectivity index (χ3n) is 4.27. The molecule has 0 spiro atoms. The molecule has 0 aromatic heterocycles. The summed E-state index contributed by atoms with van der Waals surface area (Å²) >= 11 is 5.72. The standard InChI is InChI=1S/C22H17ClFNO2/c1-14(22(27)25-20-11-10-18(23)13-19(20)24)16-8-5-9-17(12-16)21(26)15-6-3-2-4-7-15/h2-14H,1H3,(H,25,27)/t14-/m0/s1. The Morgan fingerprint density at radius 1 is 0.926 bits per heavy atom. The van der Waals surface area contributed by atoms with E-state index in [0.717, 1.165) is 6.07 Å². The van der Waals surface area contributed by atoms with Gasteiger partial charge in [-0.1, -0.05) is 60.1 Å². The van der Waals surface area contributed by atoms with Gasteiger partial charge in [-0.05, 0) is 36.8 Å². The normalized spacial score (nSPS) is 11.7. The first-order valence-electron chi connectivity index (χ1n) is 8.41. The first kappa shape index (κ1) is 18.8. The molecule has 5 heteroatoms. The molecule has 0 saturated heterocycles. The van der Waals surface area contributed by atoms with E-state index in [4.69, 9.17) is 11.6 Å². The minimum Gasteiger partial charge on any atom is -0.323 e. The minimum atomic E-state index is -0.601. The van der Waals surface area contributed by atoms with Crippen LogP contribution in [0.25, 0.3) is 0 Å². The van der Waals surface area contributed by atoms with Crippen molar-refractivity contribution in [2.45, 2.75) is 12.8 Å². The fraction of sp³-hybridized carbons (Fsp3) is 0.0909. The van der Waals surface area contributed by atoms with E-state index in [0.29, 0.717) is 16.7 Å². The van der Waals surface area contributed by atoms with Crippen molar-refractivity contribution in [3.63, 3.8) is 0 Å². The molecule has 0 heterocycles. The molecule has 136 valence electrons. The van der Waals surface area contributed by atoms with Crippen LogP contribution in [0.15, 0.2) is 72.8 Å². The number of halogens is 2. The Morgan fingerprint density at radius 3 is 2.33 bits per heavy atom. The van der Waals surface area contributed by atoms with Gasteiger partial charge in [0.25, 0.3) is 0 Å². The lowest BCUT2D eigenvalue weighted by molar-refractivity contribution is -0.117. The molecule has 3 nitrogen and oxygen atoms in total. The highest BCUT2D eigenvalue weighted by molar-refractivity contribution is 6.30. The highest BCUT2D eigenvalue weighted by Crippen LogP contribution is 2.23. The Bertz CT molecular complexity index is 989. The quantitative estimate of drug-likeness (QED) is 0.597. The summed E-state index contributed by atoms with van der Waals surface area (Å²) in [6.45, 7) is 1.70. The predicted octanol–water partition coefficient (Wildman–Crippen LogP) is 5.45. The van der Waals surface area contributed by atoms with E-state index in [9.17, 15) is 14.0 Å². The van der Waals surface area contributed by atoms with Crippen LogP contribution in [0.5, 0.6) is 0 Å². The molecule has 0 fully saturated rings. The number of hydrogen-bond donors (Lipinski definition) is 1. The maximum atomic E-state index is 13.9. The van der Waals surface area contributed by atoms with Crippen LogP contribution >= 0.6 is 11.6 Å². The molecule has 0 unspecified atom stereocenters. The van der Waals surface area contributed by atoms with Crippen molar-refractivity contribution in [1.29, 1.82) is 0 Å². The molecule has 1 amide bonds. The second-order valence-electron chi connectivity index (χ2n) is 6.16. The molecule has 1 N–H and O–H groups in total. The van der Waals surface area contributed by atoms with Crippen LogP contribution in [-0.2, 0) is 4.79 Å². The predicted molar refractivity (Wildman–Crippen MR) is 105 cm³/mol. The molecule has 27 heavy (non-hydrogen) atoms. The van der Waals surface area contributed by atoms with Crippen molar-refractivity contribution in [2.24, 2.45) is 0 Å². The summed E-state index contributed by atoms with van der Waals surface area (Å²) in [7, 11) is 0. The Morgan fingerprint density at radius 2 is 1.63 bits per heavy atom. The highest BCUT2D eigenvalue weighted by Gasteiger charge is 2.18. The average molecular weight is 382 g/mol. The fourth-order valence-corrected chi connectivity index (χ4v) is 2.85. The molecular formula is C22H17ClFNO2. The van der Waals surface area contributed by atoms with Crippen molar-refractivity contribution in [3.05, 3.63) is 100 Å². The summed E-state index contributed by atoms with van der Waals surface area (Å²) in [6, 6.07) is 19.9. The van der Waals surface area contributed by atoms with Gasteiger partial charge in [-0.2, -0.15) is 0 Å². The Hall–Kier alpha value is -2.98. The zero-order valence-corrected chi connectivity index (χ0v) is 15.3. The number of anilines is 1. The number of amides is 1. The summed E-state index contributed by atoms with van der Waals surface area (Å²) in [6.07, 6.45) is 0. The van der Waals surface area contributed by atoms with E-state index in [1.807, 2.05) is 6.07 Å². The monoisotopic (exact) mass is 381 g/mol. The largest absolute Gasteiger partial charge is 0.323 e. The van der Waals surface area contributed by atoms with Crippen LogP contribution < -0.4 is 5.32 Å². The second-order valence-corrected chi connectivity index (χ2v) is 6.59. The second kappa shape index (κ2) is 8.14. The van der Waals surface area contributed by atoms with Gasteiger partial charge in [-0.25, -0.2) is 4.39 Å². The number of carbonyl (C=O) groups excluding carboxylic acids is 2. The zero-order chi connectivity index (χ0) is 19.4. The summed E-state index contributed by atoms with van der Waals surface area (Å²) < 4.78 is 13.9. The number of ketones is 1. The maximum Gasteiger partial charge on any atom is 0.231 e. The van der Waals surface area contributed by atoms with E-state index in [1.54, 1.807) is 55.5 Å². The zero-order valence-electron chi connectivity index (χ0n) is 14.6. The van der Waals surface area contributed by atoms with Crippen LogP contribution in [0.3, 0.4) is 0 Å². The molecule has 0 aliphatic rings. The van der Waals surface area contributed by atoms with Crippen molar-refractivity contribution < 1.29 is 14.0 Å². The molecule has 0 radical (unpaired) electrons. The van der Waals surface area contributed by atoms with Gasteiger partial charge >= 0.3 is 0 Å². The van der Waals surface area contributed by atoms with Gasteiger partial charge in [0, 0.05) is 16.1 Å². The Kier molecular flexibility index (Phi) is 5.67. The van der Waals surface area contributed by atoms with Crippen molar-refractivity contribution >= 4 is 29.0 Å². The van der Waals surface area contributed by atoms with Gasteiger partial charge in [0.2, 0.25) is 5.91 Å². The van der Waals surface area contributed by atoms with Crippen LogP contribution in [0, 0.1) is 5.82 Å². The number of carbonyl (C=O) groups is 2. The van der Waals surface area contributed by atoms with Gasteiger partial charge in [0.1, 0.15) is 5.82 Å². The lowest BCUT2D eigenvalue weighted by atomic mass is 9.95. The molecule has 3 rings (SSSR count). The van der Waals surface area contributed by atoms with E-state index in [1.165, 1.54) is 12.1 Å². The van der Waals surface area contributed by atoms with Gasteiger partial charge in [0.05, 0.1) is 11.6 Å². The molecular weight excluding hydrogens is 365 g/mol. The SMILES string of the molecule is C[C@H](C(=O)Nc1ccc(Cl)cc1F)c1cccc(C(=O)c2ccccc2)c1. The molecule has 0 bridgehead atoms. The molecule has 3 aromatic rings. The van der Waals surface area contributed by atoms with E-state index >= 15 is 0 Å². The van der Waals surface area contributed by atoms with E-state index < -0.39 is 11.7 Å². The molecule has 0 aliphatic carbocycles. The van der Waals surface area contributed by atoms with Crippen LogP contribution in [-0.4, -0.2) is 11.7 Å². The lowest BCUT2D eigenvalue weighted by Gasteiger charge is -2.14. The molecule has 3 aromatic carbocycles. The van der Waals surface area contributed by atoms with Gasteiger partial charge < -0.3 is 5.32 Å². The first-order valence-corrected chi connectivity index (χ1v) is 8.79. The summed E-state index contributed by atoms with van der Waals surface area (Å²) in [5, 5.41) is 2.81. The lowest BCUT2D eigenvalue weighted by Crippen LogP contribution is -2.20. The number of nitrogens with one attached hydrogen (secondary N) is 1. The third kappa shape index (κ3) is 4.41. The fourth-order valence-electron chi connectivity index (χ4n) is 2.69. The average Bonchev–Trinajstić information content (AvgIpc) is 2.69. The summed E-state index contributed by atoms with van der Waals surface area (Å²) in [5.74, 6) is -1.66. The van der Waals surface area contributed by atoms with Crippen molar-refractivity contribution in [1.82, 2.24) is 0 Å². The van der Waals surface area contributed by atoms with Gasteiger partial charge in [-0.15, -0.1) is 0 Å². The molecule has 0 saturated carbocycles. The topological polar surface area (TPSA) is 46.2 Å². The van der Waals surface area contributed by atoms with Gasteiger partial charge in [-0.3, -0.25) is 9.59 Å². The molecule has 1 atom stereocenters. The van der Waals surface area contributed by atoms with Crippen LogP contribution in [0.1, 0.15) is 34.3 Å². The highest BCUT2D eigenvalue weighted by atomic mass is 35.5. The van der Waals surface area contributed by atoms with Crippen molar-refractivity contribution in [3.8, 4) is 0 Å². The number of benzene rings is 3. The summed E-state index contributed by atoms with van der Waals surface area (Å²) in [4.78, 5) is 25.1. The number of rotatable bonds is 5. The Balaban J connectivity index is 1.79. The van der Waals surface area contributed by atoms with E-state index in [2.05, 4.69) is 5.32 Å². The van der Waals surface area contributed by atoms with E-state index in [-0.39, 0.29) is 22.4 Å². The minimum absolute atomic E-state index is 0.0627. The smallest absolute Gasteiger partial charge is 0.231 e. The van der Waals surface area contributed by atoms with Gasteiger partial charge in [0.15, 0.2) is 5.78 Å². The first-order chi connectivity index (χ1) is 13.0. The van der Waals surface area contributed by atoms with Crippen molar-refractivity contribution in [2.75, 3.05) is 5.32 Å². The number of hydrogen-bond acceptors (Lipinski definition) is 2.